The smallest absolute Gasteiger partial charge is 0.331 e. The summed E-state index contributed by atoms with van der Waals surface area (Å²) >= 11 is 5.95. The van der Waals surface area contributed by atoms with Crippen molar-refractivity contribution in [2.24, 2.45) is 0 Å². The molecule has 0 radical (unpaired) electrons. The quantitative estimate of drug-likeness (QED) is 0.434. The van der Waals surface area contributed by atoms with Gasteiger partial charge in [-0.3, -0.25) is 0 Å². The van der Waals surface area contributed by atoms with Crippen LogP contribution in [0, 0.1) is 0 Å². The summed E-state index contributed by atoms with van der Waals surface area (Å²) in [5, 5.41) is 4.42. The number of esters is 1. The molecule has 0 amide bonds. The van der Waals surface area contributed by atoms with E-state index < -0.39 is 5.97 Å². The first kappa shape index (κ1) is 19.4. The van der Waals surface area contributed by atoms with Crippen LogP contribution in [0.25, 0.3) is 17.5 Å². The molecule has 1 heterocycles. The number of methoxy groups -OCH3 is 2. The zero-order valence-electron chi connectivity index (χ0n) is 15.2. The summed E-state index contributed by atoms with van der Waals surface area (Å²) in [6.07, 6.45) is 2.88. The molecule has 0 spiro atoms. The van der Waals surface area contributed by atoms with Gasteiger partial charge in [0.05, 0.1) is 14.2 Å². The van der Waals surface area contributed by atoms with E-state index in [9.17, 15) is 4.79 Å². The first-order valence-corrected chi connectivity index (χ1v) is 8.62. The van der Waals surface area contributed by atoms with Crippen molar-refractivity contribution >= 4 is 23.6 Å². The second kappa shape index (κ2) is 9.05. The van der Waals surface area contributed by atoms with Crippen LogP contribution in [-0.2, 0) is 16.1 Å². The molecule has 0 fully saturated rings. The third kappa shape index (κ3) is 4.89. The lowest BCUT2D eigenvalue weighted by Gasteiger charge is -2.07. The summed E-state index contributed by atoms with van der Waals surface area (Å²) in [4.78, 5) is 16.1. The summed E-state index contributed by atoms with van der Waals surface area (Å²) in [5.74, 6) is 1.22. The Morgan fingerprint density at radius 2 is 2.04 bits per heavy atom. The van der Waals surface area contributed by atoms with Crippen molar-refractivity contribution in [2.75, 3.05) is 14.2 Å². The highest BCUT2D eigenvalue weighted by Crippen LogP contribution is 2.25. The second-order valence-corrected chi connectivity index (χ2v) is 6.01. The SMILES string of the molecule is COc1ccc(/C=C/C(=O)OCc2nc(-c3cccc(Cl)c3)no2)c(OC)c1. The Morgan fingerprint density at radius 3 is 2.79 bits per heavy atom. The molecule has 0 saturated heterocycles. The third-order valence-electron chi connectivity index (χ3n) is 3.73. The first-order chi connectivity index (χ1) is 13.6. The van der Waals surface area contributed by atoms with E-state index in [1.807, 2.05) is 0 Å². The molecular weight excluding hydrogens is 384 g/mol. The predicted octanol–water partition coefficient (Wildman–Crippen LogP) is 4.16. The Kier molecular flexibility index (Phi) is 6.29. The summed E-state index contributed by atoms with van der Waals surface area (Å²) in [7, 11) is 3.11. The molecule has 0 unspecified atom stereocenters. The van der Waals surface area contributed by atoms with Gasteiger partial charge in [0.2, 0.25) is 5.82 Å². The highest BCUT2D eigenvalue weighted by Gasteiger charge is 2.11. The maximum absolute atomic E-state index is 12.0. The number of hydrogen-bond donors (Lipinski definition) is 0. The number of carbonyl (C=O) groups excluding carboxylic acids is 1. The maximum Gasteiger partial charge on any atom is 0.331 e. The van der Waals surface area contributed by atoms with Crippen LogP contribution in [0.1, 0.15) is 11.5 Å². The molecule has 3 aromatic rings. The van der Waals surface area contributed by atoms with E-state index >= 15 is 0 Å². The van der Waals surface area contributed by atoms with E-state index in [0.29, 0.717) is 33.5 Å². The highest BCUT2D eigenvalue weighted by molar-refractivity contribution is 6.30. The predicted molar refractivity (Wildman–Crippen MR) is 103 cm³/mol. The third-order valence-corrected chi connectivity index (χ3v) is 3.96. The Hall–Kier alpha value is -3.32. The van der Waals surface area contributed by atoms with Crippen LogP contribution >= 0.6 is 11.6 Å². The number of benzene rings is 2. The summed E-state index contributed by atoms with van der Waals surface area (Å²) in [5.41, 5.74) is 1.42. The molecule has 0 aliphatic rings. The van der Waals surface area contributed by atoms with Gasteiger partial charge in [-0.15, -0.1) is 0 Å². The average Bonchev–Trinajstić information content (AvgIpc) is 3.19. The molecule has 0 aliphatic carbocycles. The standard InChI is InChI=1S/C20H17ClN2O5/c1-25-16-8-6-13(17(11-16)26-2)7-9-19(24)27-12-18-22-20(23-28-18)14-4-3-5-15(21)10-14/h3-11H,12H2,1-2H3/b9-7+. The average molecular weight is 401 g/mol. The van der Waals surface area contributed by atoms with Crippen molar-refractivity contribution in [2.45, 2.75) is 6.61 Å². The molecule has 0 bridgehead atoms. The zero-order valence-corrected chi connectivity index (χ0v) is 16.0. The molecule has 2 aromatic carbocycles. The Balaban J connectivity index is 1.60. The topological polar surface area (TPSA) is 83.7 Å². The number of rotatable bonds is 7. The van der Waals surface area contributed by atoms with Crippen LogP contribution in [0.5, 0.6) is 11.5 Å². The van der Waals surface area contributed by atoms with E-state index in [0.717, 1.165) is 0 Å². The number of nitrogens with zero attached hydrogens (tertiary/aromatic N) is 2. The van der Waals surface area contributed by atoms with Gasteiger partial charge in [0, 0.05) is 28.3 Å². The van der Waals surface area contributed by atoms with E-state index in [4.69, 9.17) is 30.3 Å². The van der Waals surface area contributed by atoms with Crippen LogP contribution in [-0.4, -0.2) is 30.3 Å². The molecule has 28 heavy (non-hydrogen) atoms. The van der Waals surface area contributed by atoms with Gasteiger partial charge in [-0.25, -0.2) is 4.79 Å². The molecule has 0 N–H and O–H groups in total. The zero-order chi connectivity index (χ0) is 19.9. The van der Waals surface area contributed by atoms with Crippen LogP contribution in [0.15, 0.2) is 53.1 Å². The van der Waals surface area contributed by atoms with Gasteiger partial charge in [-0.1, -0.05) is 28.9 Å². The molecule has 0 aliphatic heterocycles. The minimum Gasteiger partial charge on any atom is -0.497 e. The number of halogens is 1. The van der Waals surface area contributed by atoms with Gasteiger partial charge >= 0.3 is 5.97 Å². The molecule has 144 valence electrons. The van der Waals surface area contributed by atoms with Gasteiger partial charge in [-0.2, -0.15) is 4.98 Å². The van der Waals surface area contributed by atoms with Crippen molar-refractivity contribution < 1.29 is 23.5 Å². The monoisotopic (exact) mass is 400 g/mol. The first-order valence-electron chi connectivity index (χ1n) is 8.24. The van der Waals surface area contributed by atoms with Crippen LogP contribution < -0.4 is 9.47 Å². The van der Waals surface area contributed by atoms with Gasteiger partial charge in [0.15, 0.2) is 6.61 Å². The summed E-state index contributed by atoms with van der Waals surface area (Å²) < 4.78 is 20.6. The summed E-state index contributed by atoms with van der Waals surface area (Å²) in [6.45, 7) is -0.142. The van der Waals surface area contributed by atoms with E-state index in [1.54, 1.807) is 55.7 Å². The van der Waals surface area contributed by atoms with Crippen molar-refractivity contribution in [3.63, 3.8) is 0 Å². The van der Waals surface area contributed by atoms with Crippen LogP contribution in [0.3, 0.4) is 0 Å². The van der Waals surface area contributed by atoms with Crippen LogP contribution in [0.4, 0.5) is 0 Å². The van der Waals surface area contributed by atoms with E-state index in [2.05, 4.69) is 10.1 Å². The number of aromatic nitrogens is 2. The van der Waals surface area contributed by atoms with E-state index in [1.165, 1.54) is 13.2 Å². The van der Waals surface area contributed by atoms with Crippen molar-refractivity contribution in [1.82, 2.24) is 10.1 Å². The number of ether oxygens (including phenoxy) is 3. The second-order valence-electron chi connectivity index (χ2n) is 5.57. The fourth-order valence-corrected chi connectivity index (χ4v) is 2.54. The fraction of sp³-hybridized carbons (Fsp3) is 0.150. The van der Waals surface area contributed by atoms with Gasteiger partial charge in [-0.05, 0) is 30.3 Å². The van der Waals surface area contributed by atoms with Gasteiger partial charge in [0.25, 0.3) is 5.89 Å². The molecule has 0 saturated carbocycles. The maximum atomic E-state index is 12.0. The Morgan fingerprint density at radius 1 is 1.18 bits per heavy atom. The lowest BCUT2D eigenvalue weighted by Crippen LogP contribution is -2.01. The summed E-state index contributed by atoms with van der Waals surface area (Å²) in [6, 6.07) is 12.3. The number of hydrogen-bond acceptors (Lipinski definition) is 7. The lowest BCUT2D eigenvalue weighted by molar-refractivity contribution is -0.139. The molecular formula is C20H17ClN2O5. The highest BCUT2D eigenvalue weighted by atomic mass is 35.5. The van der Waals surface area contributed by atoms with Crippen molar-refractivity contribution in [1.29, 1.82) is 0 Å². The van der Waals surface area contributed by atoms with Gasteiger partial charge in [0.1, 0.15) is 11.5 Å². The minimum atomic E-state index is -0.555. The lowest BCUT2D eigenvalue weighted by atomic mass is 10.2. The molecule has 8 heteroatoms. The number of carbonyl (C=O) groups is 1. The normalized spacial score (nSPS) is 10.8. The van der Waals surface area contributed by atoms with Crippen LogP contribution in [0.2, 0.25) is 5.02 Å². The Bertz CT molecular complexity index is 1000. The molecule has 3 rings (SSSR count). The van der Waals surface area contributed by atoms with Crippen molar-refractivity contribution in [3.8, 4) is 22.9 Å². The fourth-order valence-electron chi connectivity index (χ4n) is 2.35. The molecule has 7 nitrogen and oxygen atoms in total. The van der Waals surface area contributed by atoms with E-state index in [-0.39, 0.29) is 12.5 Å². The molecule has 1 aromatic heterocycles. The van der Waals surface area contributed by atoms with Gasteiger partial charge < -0.3 is 18.7 Å². The molecule has 0 atom stereocenters. The largest absolute Gasteiger partial charge is 0.497 e. The Labute approximate surface area is 166 Å². The minimum absolute atomic E-state index is 0.142. The van der Waals surface area contributed by atoms with Crippen molar-refractivity contribution in [3.05, 3.63) is 65.0 Å².